The second-order valence-electron chi connectivity index (χ2n) is 4.81. The number of anilines is 1. The molecule has 0 unspecified atom stereocenters. The monoisotopic (exact) mass is 274 g/mol. The van der Waals surface area contributed by atoms with E-state index in [9.17, 15) is 0 Å². The lowest BCUT2D eigenvalue weighted by Gasteiger charge is -2.22. The van der Waals surface area contributed by atoms with Gasteiger partial charge in [0.1, 0.15) is 5.01 Å². The van der Waals surface area contributed by atoms with Crippen LogP contribution in [-0.4, -0.2) is 28.7 Å². The van der Waals surface area contributed by atoms with E-state index >= 15 is 0 Å². The molecular formula is C14H18N4S. The summed E-state index contributed by atoms with van der Waals surface area (Å²) in [6, 6.07) is 11.1. The Hall–Kier alpha value is -1.46. The maximum absolute atomic E-state index is 4.33. The lowest BCUT2D eigenvalue weighted by atomic mass is 10.2. The fourth-order valence-electron chi connectivity index (χ4n) is 2.58. The molecule has 3 rings (SSSR count). The molecule has 1 atom stereocenters. The van der Waals surface area contributed by atoms with Crippen molar-refractivity contribution in [1.82, 2.24) is 15.1 Å². The number of nitrogens with zero attached hydrogens (tertiary/aromatic N) is 3. The van der Waals surface area contributed by atoms with Gasteiger partial charge in [-0.25, -0.2) is 0 Å². The van der Waals surface area contributed by atoms with Crippen molar-refractivity contribution in [2.75, 3.05) is 18.9 Å². The molecule has 1 aliphatic rings. The number of benzene rings is 1. The normalized spacial score (nSPS) is 19.7. The third kappa shape index (κ3) is 2.77. The molecule has 1 aromatic carbocycles. The smallest absolute Gasteiger partial charge is 0.205 e. The highest BCUT2D eigenvalue weighted by atomic mass is 32.1. The van der Waals surface area contributed by atoms with Crippen LogP contribution >= 0.6 is 11.3 Å². The summed E-state index contributed by atoms with van der Waals surface area (Å²) < 4.78 is 0. The van der Waals surface area contributed by atoms with Crippen molar-refractivity contribution in [3.05, 3.63) is 40.9 Å². The summed E-state index contributed by atoms with van der Waals surface area (Å²) in [6.45, 7) is 2.15. The maximum atomic E-state index is 4.33. The Bertz CT molecular complexity index is 525. The standard InChI is InChI=1S/C14H18N4S/c1-15-14-17-16-13(19-14)12-8-5-9-18(12)10-11-6-3-2-4-7-11/h2-4,6-7,12H,5,8-10H2,1H3,(H,15,17)/t12-/m0/s1. The van der Waals surface area contributed by atoms with E-state index in [2.05, 4.69) is 50.7 Å². The SMILES string of the molecule is CNc1nnc([C@@H]2CCCN2Cc2ccccc2)s1. The van der Waals surface area contributed by atoms with Gasteiger partial charge < -0.3 is 5.32 Å². The van der Waals surface area contributed by atoms with Crippen molar-refractivity contribution in [1.29, 1.82) is 0 Å². The Labute approximate surface area is 117 Å². The number of aromatic nitrogens is 2. The molecule has 0 bridgehead atoms. The summed E-state index contributed by atoms with van der Waals surface area (Å²) in [5, 5.41) is 13.6. The van der Waals surface area contributed by atoms with Gasteiger partial charge in [0.2, 0.25) is 5.13 Å². The van der Waals surface area contributed by atoms with Crippen LogP contribution in [0.25, 0.3) is 0 Å². The minimum Gasteiger partial charge on any atom is -0.363 e. The van der Waals surface area contributed by atoms with E-state index in [1.807, 2.05) is 7.05 Å². The molecule has 4 nitrogen and oxygen atoms in total. The van der Waals surface area contributed by atoms with Gasteiger partial charge in [0.15, 0.2) is 0 Å². The molecule has 100 valence electrons. The van der Waals surface area contributed by atoms with Crippen LogP contribution in [-0.2, 0) is 6.54 Å². The number of hydrogen-bond donors (Lipinski definition) is 1. The Morgan fingerprint density at radius 2 is 2.16 bits per heavy atom. The summed E-state index contributed by atoms with van der Waals surface area (Å²) in [6.07, 6.45) is 2.43. The Morgan fingerprint density at radius 1 is 1.32 bits per heavy atom. The topological polar surface area (TPSA) is 41.1 Å². The summed E-state index contributed by atoms with van der Waals surface area (Å²) in [5.41, 5.74) is 1.37. The molecule has 1 fully saturated rings. The van der Waals surface area contributed by atoms with E-state index < -0.39 is 0 Å². The van der Waals surface area contributed by atoms with Crippen LogP contribution in [0.3, 0.4) is 0 Å². The lowest BCUT2D eigenvalue weighted by molar-refractivity contribution is 0.247. The minimum absolute atomic E-state index is 0.430. The van der Waals surface area contributed by atoms with Crippen molar-refractivity contribution in [2.24, 2.45) is 0 Å². The van der Waals surface area contributed by atoms with E-state index in [-0.39, 0.29) is 0 Å². The Balaban J connectivity index is 1.74. The number of hydrogen-bond acceptors (Lipinski definition) is 5. The van der Waals surface area contributed by atoms with Gasteiger partial charge >= 0.3 is 0 Å². The molecule has 2 heterocycles. The number of nitrogens with one attached hydrogen (secondary N) is 1. The molecule has 0 radical (unpaired) electrons. The van der Waals surface area contributed by atoms with Gasteiger partial charge in [-0.05, 0) is 24.9 Å². The van der Waals surface area contributed by atoms with Gasteiger partial charge in [-0.3, -0.25) is 4.90 Å². The highest BCUT2D eigenvalue weighted by molar-refractivity contribution is 7.15. The molecule has 1 N–H and O–H groups in total. The predicted molar refractivity (Wildman–Crippen MR) is 78.3 cm³/mol. The minimum atomic E-state index is 0.430. The molecule has 0 saturated carbocycles. The van der Waals surface area contributed by atoms with Crippen molar-refractivity contribution >= 4 is 16.5 Å². The summed E-state index contributed by atoms with van der Waals surface area (Å²) in [4.78, 5) is 2.51. The lowest BCUT2D eigenvalue weighted by Crippen LogP contribution is -2.22. The fraction of sp³-hybridized carbons (Fsp3) is 0.429. The summed E-state index contributed by atoms with van der Waals surface area (Å²) >= 11 is 1.67. The van der Waals surface area contributed by atoms with Gasteiger partial charge in [-0.2, -0.15) is 0 Å². The van der Waals surface area contributed by atoms with Crippen LogP contribution in [0.1, 0.15) is 29.5 Å². The zero-order valence-corrected chi connectivity index (χ0v) is 11.9. The van der Waals surface area contributed by atoms with Gasteiger partial charge in [0.25, 0.3) is 0 Å². The van der Waals surface area contributed by atoms with Crippen LogP contribution in [0, 0.1) is 0 Å². The molecule has 1 aromatic heterocycles. The zero-order valence-electron chi connectivity index (χ0n) is 11.0. The van der Waals surface area contributed by atoms with E-state index in [1.54, 1.807) is 11.3 Å². The Morgan fingerprint density at radius 3 is 2.89 bits per heavy atom. The van der Waals surface area contributed by atoms with E-state index in [0.29, 0.717) is 6.04 Å². The molecule has 2 aromatic rings. The van der Waals surface area contributed by atoms with Gasteiger partial charge in [0.05, 0.1) is 6.04 Å². The molecule has 0 aliphatic carbocycles. The van der Waals surface area contributed by atoms with E-state index in [1.165, 1.54) is 18.4 Å². The third-order valence-corrected chi connectivity index (χ3v) is 4.57. The van der Waals surface area contributed by atoms with Crippen LogP contribution < -0.4 is 5.32 Å². The largest absolute Gasteiger partial charge is 0.363 e. The van der Waals surface area contributed by atoms with Crippen molar-refractivity contribution in [2.45, 2.75) is 25.4 Å². The molecule has 5 heteroatoms. The fourth-order valence-corrected chi connectivity index (χ4v) is 3.45. The highest BCUT2D eigenvalue weighted by Gasteiger charge is 2.28. The molecule has 0 amide bonds. The first-order valence-electron chi connectivity index (χ1n) is 6.66. The summed E-state index contributed by atoms with van der Waals surface area (Å²) in [5.74, 6) is 0. The average molecular weight is 274 g/mol. The van der Waals surface area contributed by atoms with Crippen molar-refractivity contribution in [3.63, 3.8) is 0 Å². The van der Waals surface area contributed by atoms with Crippen LogP contribution in [0.5, 0.6) is 0 Å². The zero-order chi connectivity index (χ0) is 13.1. The van der Waals surface area contributed by atoms with Gasteiger partial charge in [0, 0.05) is 13.6 Å². The second kappa shape index (κ2) is 5.67. The first-order chi connectivity index (χ1) is 9.36. The van der Waals surface area contributed by atoms with Crippen LogP contribution in [0.2, 0.25) is 0 Å². The maximum Gasteiger partial charge on any atom is 0.205 e. The van der Waals surface area contributed by atoms with Gasteiger partial charge in [-0.1, -0.05) is 41.7 Å². The first-order valence-corrected chi connectivity index (χ1v) is 7.47. The van der Waals surface area contributed by atoms with E-state index in [0.717, 1.165) is 23.2 Å². The average Bonchev–Trinajstić information content (AvgIpc) is 3.08. The predicted octanol–water partition coefficient (Wildman–Crippen LogP) is 2.92. The molecule has 0 spiro atoms. The molecule has 1 saturated heterocycles. The highest BCUT2D eigenvalue weighted by Crippen LogP contribution is 2.35. The number of likely N-dealkylation sites (tertiary alicyclic amines) is 1. The van der Waals surface area contributed by atoms with Gasteiger partial charge in [-0.15, -0.1) is 10.2 Å². The van der Waals surface area contributed by atoms with Crippen molar-refractivity contribution < 1.29 is 0 Å². The van der Waals surface area contributed by atoms with Crippen LogP contribution in [0.15, 0.2) is 30.3 Å². The number of rotatable bonds is 4. The first kappa shape index (κ1) is 12.6. The Kier molecular flexibility index (Phi) is 3.75. The van der Waals surface area contributed by atoms with Crippen LogP contribution in [0.4, 0.5) is 5.13 Å². The van der Waals surface area contributed by atoms with Crippen molar-refractivity contribution in [3.8, 4) is 0 Å². The quantitative estimate of drug-likeness (QED) is 0.930. The summed E-state index contributed by atoms with van der Waals surface area (Å²) in [7, 11) is 1.89. The second-order valence-corrected chi connectivity index (χ2v) is 5.82. The molecular weight excluding hydrogens is 256 g/mol. The van der Waals surface area contributed by atoms with E-state index in [4.69, 9.17) is 0 Å². The molecule has 1 aliphatic heterocycles. The third-order valence-electron chi connectivity index (χ3n) is 3.53. The molecule has 19 heavy (non-hydrogen) atoms.